The summed E-state index contributed by atoms with van der Waals surface area (Å²) in [5, 5.41) is 3.21. The average Bonchev–Trinajstić information content (AvgIpc) is 3.08. The highest BCUT2D eigenvalue weighted by Gasteiger charge is 2.40. The molecule has 2 aliphatic rings. The lowest BCUT2D eigenvalue weighted by Crippen LogP contribution is -2.23. The fourth-order valence-electron chi connectivity index (χ4n) is 3.81. The fourth-order valence-corrected chi connectivity index (χ4v) is 4.00. The standard InChI is InChI=1S/C17H20ClNO3/c18-14-2-1-3-15(9-14)19-16(20)10-22-17(21)8-13-7-11-4-5-12(13)6-11/h1-3,9,11-13H,4-8,10H2,(H,19,20). The van der Waals surface area contributed by atoms with E-state index in [1.54, 1.807) is 24.3 Å². The molecule has 2 bridgehead atoms. The van der Waals surface area contributed by atoms with E-state index in [1.807, 2.05) is 0 Å². The molecule has 1 aromatic rings. The number of fused-ring (bicyclic) bond motifs is 2. The minimum atomic E-state index is -0.344. The van der Waals surface area contributed by atoms with Crippen molar-refractivity contribution in [2.24, 2.45) is 17.8 Å². The summed E-state index contributed by atoms with van der Waals surface area (Å²) in [4.78, 5) is 23.6. The third-order valence-corrected chi connectivity index (χ3v) is 5.02. The van der Waals surface area contributed by atoms with Gasteiger partial charge < -0.3 is 10.1 Å². The molecule has 3 atom stereocenters. The van der Waals surface area contributed by atoms with Crippen LogP contribution in [0.1, 0.15) is 32.1 Å². The number of hydrogen-bond donors (Lipinski definition) is 1. The Hall–Kier alpha value is -1.55. The first kappa shape index (κ1) is 15.3. The first-order valence-electron chi connectivity index (χ1n) is 7.81. The van der Waals surface area contributed by atoms with Crippen molar-refractivity contribution >= 4 is 29.2 Å². The van der Waals surface area contributed by atoms with Crippen LogP contribution in [0.3, 0.4) is 0 Å². The Bertz CT molecular complexity index is 575. The highest BCUT2D eigenvalue weighted by molar-refractivity contribution is 6.30. The van der Waals surface area contributed by atoms with Crippen molar-refractivity contribution in [1.82, 2.24) is 0 Å². The highest BCUT2D eigenvalue weighted by atomic mass is 35.5. The van der Waals surface area contributed by atoms with Crippen LogP contribution in [0.2, 0.25) is 5.02 Å². The Kier molecular flexibility index (Phi) is 4.67. The summed E-state index contributed by atoms with van der Waals surface area (Å²) >= 11 is 5.85. The van der Waals surface area contributed by atoms with Crippen molar-refractivity contribution in [2.75, 3.05) is 11.9 Å². The maximum atomic E-state index is 11.9. The molecule has 0 aromatic heterocycles. The summed E-state index contributed by atoms with van der Waals surface area (Å²) in [6.07, 6.45) is 5.43. The van der Waals surface area contributed by atoms with Crippen LogP contribution in [0, 0.1) is 17.8 Å². The Labute approximate surface area is 135 Å². The van der Waals surface area contributed by atoms with Crippen LogP contribution < -0.4 is 5.32 Å². The van der Waals surface area contributed by atoms with Crippen LogP contribution in [0.4, 0.5) is 5.69 Å². The monoisotopic (exact) mass is 321 g/mol. The normalized spacial score (nSPS) is 26.0. The molecule has 0 radical (unpaired) electrons. The number of benzene rings is 1. The Balaban J connectivity index is 1.40. The van der Waals surface area contributed by atoms with Gasteiger partial charge in [0.2, 0.25) is 0 Å². The van der Waals surface area contributed by atoms with Gasteiger partial charge in [-0.15, -0.1) is 0 Å². The molecule has 2 aliphatic carbocycles. The molecule has 2 saturated carbocycles. The highest BCUT2D eigenvalue weighted by Crippen LogP contribution is 2.49. The van der Waals surface area contributed by atoms with Crippen molar-refractivity contribution < 1.29 is 14.3 Å². The summed E-state index contributed by atoms with van der Waals surface area (Å²) in [7, 11) is 0. The molecule has 0 saturated heterocycles. The number of rotatable bonds is 5. The summed E-state index contributed by atoms with van der Waals surface area (Å²) in [6, 6.07) is 6.86. The molecule has 3 unspecified atom stereocenters. The van der Waals surface area contributed by atoms with Gasteiger partial charge >= 0.3 is 5.97 Å². The predicted octanol–water partition coefficient (Wildman–Crippen LogP) is 3.65. The first-order valence-corrected chi connectivity index (χ1v) is 8.19. The zero-order valence-corrected chi connectivity index (χ0v) is 13.1. The van der Waals surface area contributed by atoms with Crippen molar-refractivity contribution in [3.8, 4) is 0 Å². The second kappa shape index (κ2) is 6.69. The third kappa shape index (κ3) is 3.80. The van der Waals surface area contributed by atoms with E-state index in [-0.39, 0.29) is 18.5 Å². The van der Waals surface area contributed by atoms with E-state index in [0.29, 0.717) is 29.0 Å². The molecule has 22 heavy (non-hydrogen) atoms. The minimum Gasteiger partial charge on any atom is -0.456 e. The van der Waals surface area contributed by atoms with E-state index in [4.69, 9.17) is 16.3 Å². The Morgan fingerprint density at radius 1 is 1.27 bits per heavy atom. The van der Waals surface area contributed by atoms with Gasteiger partial charge in [-0.1, -0.05) is 24.1 Å². The second-order valence-electron chi connectivity index (χ2n) is 6.36. The van der Waals surface area contributed by atoms with Crippen LogP contribution in [0.25, 0.3) is 0 Å². The lowest BCUT2D eigenvalue weighted by molar-refractivity contribution is -0.148. The molecule has 1 N–H and O–H groups in total. The van der Waals surface area contributed by atoms with Crippen molar-refractivity contribution in [3.05, 3.63) is 29.3 Å². The molecule has 1 amide bonds. The average molecular weight is 322 g/mol. The molecule has 0 aliphatic heterocycles. The van der Waals surface area contributed by atoms with Gasteiger partial charge in [0.05, 0.1) is 0 Å². The number of anilines is 1. The van der Waals surface area contributed by atoms with Crippen LogP contribution in [0.15, 0.2) is 24.3 Å². The first-order chi connectivity index (χ1) is 10.6. The molecule has 4 nitrogen and oxygen atoms in total. The van der Waals surface area contributed by atoms with E-state index in [0.717, 1.165) is 12.3 Å². The quantitative estimate of drug-likeness (QED) is 0.842. The number of carbonyl (C=O) groups is 2. The smallest absolute Gasteiger partial charge is 0.306 e. The van der Waals surface area contributed by atoms with Crippen LogP contribution in [0.5, 0.6) is 0 Å². The van der Waals surface area contributed by atoms with E-state index < -0.39 is 0 Å². The Morgan fingerprint density at radius 2 is 2.14 bits per heavy atom. The third-order valence-electron chi connectivity index (χ3n) is 4.79. The van der Waals surface area contributed by atoms with Gasteiger partial charge in [0.1, 0.15) is 0 Å². The minimum absolute atomic E-state index is 0.244. The van der Waals surface area contributed by atoms with Crippen molar-refractivity contribution in [2.45, 2.75) is 32.1 Å². The van der Waals surface area contributed by atoms with Gasteiger partial charge in [-0.3, -0.25) is 9.59 Å². The molecule has 5 heteroatoms. The van der Waals surface area contributed by atoms with Crippen molar-refractivity contribution in [3.63, 3.8) is 0 Å². The van der Waals surface area contributed by atoms with Crippen LogP contribution in [-0.2, 0) is 14.3 Å². The van der Waals surface area contributed by atoms with Gasteiger partial charge in [0.15, 0.2) is 6.61 Å². The zero-order chi connectivity index (χ0) is 15.5. The molecule has 0 spiro atoms. The number of carbonyl (C=O) groups excluding carboxylic acids is 2. The van der Waals surface area contributed by atoms with Crippen LogP contribution in [-0.4, -0.2) is 18.5 Å². The Morgan fingerprint density at radius 3 is 2.82 bits per heavy atom. The van der Waals surface area contributed by atoms with Crippen LogP contribution >= 0.6 is 11.6 Å². The fraction of sp³-hybridized carbons (Fsp3) is 0.529. The summed E-state index contributed by atoms with van der Waals surface area (Å²) in [6.45, 7) is -0.244. The number of esters is 1. The van der Waals surface area contributed by atoms with Gasteiger partial charge in [-0.05, 0) is 55.2 Å². The number of amides is 1. The summed E-state index contributed by atoms with van der Waals surface area (Å²) in [5.74, 6) is 1.36. The number of hydrogen-bond acceptors (Lipinski definition) is 3. The second-order valence-corrected chi connectivity index (χ2v) is 6.79. The lowest BCUT2D eigenvalue weighted by Gasteiger charge is -2.20. The number of halogens is 1. The molecule has 1 aromatic carbocycles. The molecule has 0 heterocycles. The lowest BCUT2D eigenvalue weighted by atomic mass is 9.86. The van der Waals surface area contributed by atoms with Crippen molar-refractivity contribution in [1.29, 1.82) is 0 Å². The molecule has 2 fully saturated rings. The van der Waals surface area contributed by atoms with Gasteiger partial charge in [-0.2, -0.15) is 0 Å². The topological polar surface area (TPSA) is 55.4 Å². The number of nitrogens with one attached hydrogen (secondary N) is 1. The zero-order valence-electron chi connectivity index (χ0n) is 12.4. The van der Waals surface area contributed by atoms with Gasteiger partial charge in [0.25, 0.3) is 5.91 Å². The maximum Gasteiger partial charge on any atom is 0.306 e. The maximum absolute atomic E-state index is 11.9. The van der Waals surface area contributed by atoms with E-state index in [1.165, 1.54) is 19.3 Å². The summed E-state index contributed by atoms with van der Waals surface area (Å²) < 4.78 is 5.09. The molecular weight excluding hydrogens is 302 g/mol. The van der Waals surface area contributed by atoms with E-state index in [2.05, 4.69) is 5.32 Å². The molecular formula is C17H20ClNO3. The SMILES string of the molecule is O=C(COC(=O)CC1CC2CCC1C2)Nc1cccc(Cl)c1. The molecule has 3 rings (SSSR count). The summed E-state index contributed by atoms with van der Waals surface area (Å²) in [5.41, 5.74) is 0.599. The number of ether oxygens (including phenoxy) is 1. The predicted molar refractivity (Wildman–Crippen MR) is 84.6 cm³/mol. The van der Waals surface area contributed by atoms with E-state index >= 15 is 0 Å². The van der Waals surface area contributed by atoms with Gasteiger partial charge in [-0.25, -0.2) is 0 Å². The van der Waals surface area contributed by atoms with E-state index in [9.17, 15) is 9.59 Å². The van der Waals surface area contributed by atoms with Gasteiger partial charge in [0, 0.05) is 17.1 Å². The molecule has 118 valence electrons. The largest absolute Gasteiger partial charge is 0.456 e.